The van der Waals surface area contributed by atoms with Crippen LogP contribution in [0.1, 0.15) is 38.8 Å². The monoisotopic (exact) mass is 299 g/mol. The molecule has 4 nitrogen and oxygen atoms in total. The third-order valence-corrected chi connectivity index (χ3v) is 5.74. The first-order chi connectivity index (χ1) is 9.46. The smallest absolute Gasteiger partial charge is 0.154 e. The molecule has 1 rings (SSSR count). The number of hydrogen-bond donors (Lipinski definition) is 1. The van der Waals surface area contributed by atoms with Crippen molar-refractivity contribution in [2.75, 3.05) is 19.4 Å². The van der Waals surface area contributed by atoms with Crippen LogP contribution in [0.15, 0.2) is 24.3 Å². The molecular weight excluding hydrogens is 274 g/mol. The van der Waals surface area contributed by atoms with Crippen LogP contribution in [0.5, 0.6) is 5.75 Å². The summed E-state index contributed by atoms with van der Waals surface area (Å²) in [7, 11) is -1.47. The first-order valence-corrected chi connectivity index (χ1v) is 8.76. The molecule has 1 aromatic carbocycles. The van der Waals surface area contributed by atoms with Gasteiger partial charge in [0.1, 0.15) is 5.75 Å². The maximum Gasteiger partial charge on any atom is 0.154 e. The van der Waals surface area contributed by atoms with Gasteiger partial charge in [0, 0.05) is 11.8 Å². The minimum Gasteiger partial charge on any atom is -0.497 e. The van der Waals surface area contributed by atoms with E-state index in [1.807, 2.05) is 24.3 Å². The van der Waals surface area contributed by atoms with Crippen LogP contribution in [0.3, 0.4) is 0 Å². The maximum atomic E-state index is 12.1. The summed E-state index contributed by atoms with van der Waals surface area (Å²) in [4.78, 5) is 0. The second-order valence-corrected chi connectivity index (χ2v) is 7.51. The molecule has 0 aromatic heterocycles. The molecule has 0 heterocycles. The molecule has 0 bridgehead atoms. The fraction of sp³-hybridized carbons (Fsp3) is 0.600. The van der Waals surface area contributed by atoms with Gasteiger partial charge in [0.25, 0.3) is 0 Å². The Kier molecular flexibility index (Phi) is 6.49. The zero-order valence-electron chi connectivity index (χ0n) is 12.7. The highest BCUT2D eigenvalue weighted by Crippen LogP contribution is 2.24. The van der Waals surface area contributed by atoms with E-state index in [1.54, 1.807) is 21.0 Å². The van der Waals surface area contributed by atoms with Crippen LogP contribution < -0.4 is 10.1 Å². The van der Waals surface area contributed by atoms with Gasteiger partial charge < -0.3 is 10.1 Å². The molecule has 0 saturated heterocycles. The van der Waals surface area contributed by atoms with Gasteiger partial charge >= 0.3 is 0 Å². The highest BCUT2D eigenvalue weighted by atomic mass is 32.2. The van der Waals surface area contributed by atoms with Gasteiger partial charge in [-0.1, -0.05) is 26.0 Å². The van der Waals surface area contributed by atoms with Crippen molar-refractivity contribution in [3.05, 3.63) is 29.8 Å². The predicted molar refractivity (Wildman–Crippen MR) is 83.0 cm³/mol. The van der Waals surface area contributed by atoms with E-state index < -0.39 is 15.1 Å². The lowest BCUT2D eigenvalue weighted by Crippen LogP contribution is -2.36. The Morgan fingerprint density at radius 1 is 1.20 bits per heavy atom. The second kappa shape index (κ2) is 7.64. The fourth-order valence-electron chi connectivity index (χ4n) is 2.14. The summed E-state index contributed by atoms with van der Waals surface area (Å²) in [5.74, 6) is 0.934. The summed E-state index contributed by atoms with van der Waals surface area (Å²) < 4.78 is 29.4. The Bertz CT molecular complexity index is 496. The first-order valence-electron chi connectivity index (χ1n) is 7.05. The van der Waals surface area contributed by atoms with Gasteiger partial charge in [-0.2, -0.15) is 0 Å². The van der Waals surface area contributed by atoms with E-state index in [0.717, 1.165) is 24.3 Å². The molecule has 1 N–H and O–H groups in total. The summed E-state index contributed by atoms with van der Waals surface area (Å²) in [6.45, 7) is 6.32. The minimum absolute atomic E-state index is 0.161. The predicted octanol–water partition coefficient (Wildman–Crippen LogP) is 2.56. The zero-order valence-corrected chi connectivity index (χ0v) is 13.5. The average molecular weight is 299 g/mol. The summed E-state index contributed by atoms with van der Waals surface area (Å²) >= 11 is 0. The van der Waals surface area contributed by atoms with Crippen LogP contribution in [0, 0.1) is 0 Å². The minimum atomic E-state index is -3.09. The van der Waals surface area contributed by atoms with Gasteiger partial charge in [-0.25, -0.2) is 8.42 Å². The van der Waals surface area contributed by atoms with Crippen molar-refractivity contribution in [2.45, 2.75) is 38.5 Å². The molecule has 20 heavy (non-hydrogen) atoms. The zero-order chi connectivity index (χ0) is 15.2. The lowest BCUT2D eigenvalue weighted by Gasteiger charge is -2.25. The normalized spacial score (nSPS) is 14.8. The van der Waals surface area contributed by atoms with E-state index in [2.05, 4.69) is 12.2 Å². The number of rotatable bonds is 8. The molecule has 2 unspecified atom stereocenters. The number of hydrogen-bond acceptors (Lipinski definition) is 4. The summed E-state index contributed by atoms with van der Waals surface area (Å²) in [5, 5.41) is 2.89. The molecule has 1 aromatic rings. The van der Waals surface area contributed by atoms with Crippen molar-refractivity contribution in [3.8, 4) is 5.75 Å². The number of sulfone groups is 1. The summed E-state index contributed by atoms with van der Waals surface area (Å²) in [6, 6.07) is 7.38. The Morgan fingerprint density at radius 3 is 2.25 bits per heavy atom. The third-order valence-electron chi connectivity index (χ3n) is 3.53. The van der Waals surface area contributed by atoms with E-state index in [9.17, 15) is 8.42 Å². The van der Waals surface area contributed by atoms with Crippen LogP contribution >= 0.6 is 0 Å². The molecule has 0 amide bonds. The number of nitrogens with one attached hydrogen (secondary N) is 1. The number of benzene rings is 1. The topological polar surface area (TPSA) is 55.4 Å². The fourth-order valence-corrected chi connectivity index (χ4v) is 3.33. The lowest BCUT2D eigenvalue weighted by atomic mass is 10.0. The molecule has 2 atom stereocenters. The summed E-state index contributed by atoms with van der Waals surface area (Å²) in [6.07, 6.45) is 0.964. The Balaban J connectivity index is 3.04. The molecule has 0 aliphatic heterocycles. The SMILES string of the molecule is CCCNC(c1ccc(OC)cc1)C(C)S(=O)(=O)CC. The molecule has 114 valence electrons. The average Bonchev–Trinajstić information content (AvgIpc) is 2.48. The van der Waals surface area contributed by atoms with Crippen molar-refractivity contribution < 1.29 is 13.2 Å². The molecule has 0 aliphatic rings. The van der Waals surface area contributed by atoms with Crippen LogP contribution in [0.2, 0.25) is 0 Å². The largest absolute Gasteiger partial charge is 0.497 e. The second-order valence-electron chi connectivity index (χ2n) is 4.86. The van der Waals surface area contributed by atoms with E-state index in [4.69, 9.17) is 4.74 Å². The Labute approximate surface area is 122 Å². The van der Waals surface area contributed by atoms with Gasteiger partial charge in [-0.15, -0.1) is 0 Å². The Morgan fingerprint density at radius 2 is 1.80 bits per heavy atom. The van der Waals surface area contributed by atoms with Crippen molar-refractivity contribution in [1.82, 2.24) is 5.32 Å². The molecule has 0 fully saturated rings. The lowest BCUT2D eigenvalue weighted by molar-refractivity contribution is 0.414. The quantitative estimate of drug-likeness (QED) is 0.801. The molecule has 0 radical (unpaired) electrons. The van der Waals surface area contributed by atoms with Crippen LogP contribution in [-0.4, -0.2) is 33.1 Å². The van der Waals surface area contributed by atoms with E-state index in [0.29, 0.717) is 0 Å². The van der Waals surface area contributed by atoms with Crippen LogP contribution in [-0.2, 0) is 9.84 Å². The Hall–Kier alpha value is -1.07. The van der Waals surface area contributed by atoms with Crippen LogP contribution in [0.25, 0.3) is 0 Å². The van der Waals surface area contributed by atoms with Crippen molar-refractivity contribution in [3.63, 3.8) is 0 Å². The number of methoxy groups -OCH3 is 1. The molecule has 5 heteroatoms. The van der Waals surface area contributed by atoms with E-state index in [-0.39, 0.29) is 11.8 Å². The van der Waals surface area contributed by atoms with Crippen molar-refractivity contribution >= 4 is 9.84 Å². The third kappa shape index (κ3) is 4.21. The van der Waals surface area contributed by atoms with E-state index in [1.165, 1.54) is 0 Å². The van der Waals surface area contributed by atoms with Gasteiger partial charge in [-0.3, -0.25) is 0 Å². The number of ether oxygens (including phenoxy) is 1. The highest BCUT2D eigenvalue weighted by molar-refractivity contribution is 7.92. The molecular formula is C15H25NO3S. The van der Waals surface area contributed by atoms with Gasteiger partial charge in [-0.05, 0) is 37.6 Å². The molecule has 0 spiro atoms. The highest BCUT2D eigenvalue weighted by Gasteiger charge is 2.28. The van der Waals surface area contributed by atoms with Gasteiger partial charge in [0.15, 0.2) is 9.84 Å². The van der Waals surface area contributed by atoms with Crippen molar-refractivity contribution in [1.29, 1.82) is 0 Å². The maximum absolute atomic E-state index is 12.1. The van der Waals surface area contributed by atoms with Crippen LogP contribution in [0.4, 0.5) is 0 Å². The van der Waals surface area contributed by atoms with Gasteiger partial charge in [0.05, 0.1) is 12.4 Å². The first kappa shape index (κ1) is 17.0. The van der Waals surface area contributed by atoms with Gasteiger partial charge in [0.2, 0.25) is 0 Å². The van der Waals surface area contributed by atoms with Crippen molar-refractivity contribution in [2.24, 2.45) is 0 Å². The van der Waals surface area contributed by atoms with E-state index >= 15 is 0 Å². The molecule has 0 saturated carbocycles. The molecule has 0 aliphatic carbocycles. The summed E-state index contributed by atoms with van der Waals surface area (Å²) in [5.41, 5.74) is 0.976. The standard InChI is InChI=1S/C15H25NO3S/c1-5-11-16-15(12(3)20(17,18)6-2)13-7-9-14(19-4)10-8-13/h7-10,12,15-16H,5-6,11H2,1-4H3.